The minimum absolute atomic E-state index is 0.0200. The molecule has 14 heavy (non-hydrogen) atoms. The number of carbonyl (C=O) groups is 2. The summed E-state index contributed by atoms with van der Waals surface area (Å²) in [5.74, 6) is 0.119. The molecule has 0 atom stereocenters. The molecule has 0 fully saturated rings. The second-order valence-electron chi connectivity index (χ2n) is 4.36. The summed E-state index contributed by atoms with van der Waals surface area (Å²) < 4.78 is 0. The zero-order valence-electron chi connectivity index (χ0n) is 9.85. The average molecular weight is 196 g/mol. The summed E-state index contributed by atoms with van der Waals surface area (Å²) in [5, 5.41) is 0. The zero-order valence-corrected chi connectivity index (χ0v) is 9.85. The van der Waals surface area contributed by atoms with Gasteiger partial charge < -0.3 is 4.79 Å². The van der Waals surface area contributed by atoms with Gasteiger partial charge in [0.15, 0.2) is 7.85 Å². The summed E-state index contributed by atoms with van der Waals surface area (Å²) in [4.78, 5) is 22.7. The van der Waals surface area contributed by atoms with Crippen molar-refractivity contribution in [1.29, 1.82) is 0 Å². The van der Waals surface area contributed by atoms with Crippen LogP contribution >= 0.6 is 0 Å². The van der Waals surface area contributed by atoms with Gasteiger partial charge in [0.1, 0.15) is 5.78 Å². The van der Waals surface area contributed by atoms with E-state index >= 15 is 0 Å². The lowest BCUT2D eigenvalue weighted by Gasteiger charge is -2.26. The van der Waals surface area contributed by atoms with Gasteiger partial charge in [-0.25, -0.2) is 0 Å². The summed E-state index contributed by atoms with van der Waals surface area (Å²) in [6.45, 7) is 6.15. The zero-order chi connectivity index (χ0) is 11.2. The molecule has 0 aromatic heterocycles. The van der Waals surface area contributed by atoms with E-state index in [1.54, 1.807) is 0 Å². The van der Waals surface area contributed by atoms with Crippen molar-refractivity contribution in [2.75, 3.05) is 0 Å². The molecule has 0 bridgehead atoms. The molecule has 2 nitrogen and oxygen atoms in total. The molecule has 80 valence electrons. The Labute approximate surface area is 87.9 Å². The van der Waals surface area contributed by atoms with Crippen LogP contribution in [-0.2, 0) is 9.59 Å². The molecule has 0 saturated heterocycles. The molecular weight excluding hydrogens is 175 g/mol. The Hall–Kier alpha value is -0.595. The van der Waals surface area contributed by atoms with Crippen LogP contribution in [0.15, 0.2) is 0 Å². The molecule has 0 rings (SSSR count). The van der Waals surface area contributed by atoms with E-state index in [2.05, 4.69) is 13.8 Å². The lowest BCUT2D eigenvalue weighted by molar-refractivity contribution is -0.131. The van der Waals surface area contributed by atoms with Gasteiger partial charge >= 0.3 is 0 Å². The Kier molecular flexibility index (Phi) is 5.74. The monoisotopic (exact) mass is 196 g/mol. The quantitative estimate of drug-likeness (QED) is 0.458. The SMILES string of the molecule is BC(=O)CC(=O)C(C)(CCC)CCC. The van der Waals surface area contributed by atoms with Crippen molar-refractivity contribution >= 4 is 19.3 Å². The number of Topliss-reactive ketones (excluding diaryl/α,β-unsaturated/α-hetero) is 1. The van der Waals surface area contributed by atoms with E-state index in [1.807, 2.05) is 6.92 Å². The van der Waals surface area contributed by atoms with Crippen LogP contribution in [0, 0.1) is 5.41 Å². The van der Waals surface area contributed by atoms with Crippen LogP contribution in [-0.4, -0.2) is 19.3 Å². The van der Waals surface area contributed by atoms with E-state index in [9.17, 15) is 9.59 Å². The van der Waals surface area contributed by atoms with Gasteiger partial charge in [0.25, 0.3) is 0 Å². The maximum atomic E-state index is 11.8. The molecule has 0 aliphatic carbocycles. The molecule has 0 saturated carbocycles. The molecule has 0 heterocycles. The fourth-order valence-electron chi connectivity index (χ4n) is 1.95. The Balaban J connectivity index is 4.46. The van der Waals surface area contributed by atoms with Gasteiger partial charge in [-0.2, -0.15) is 0 Å². The van der Waals surface area contributed by atoms with Gasteiger partial charge in [-0.1, -0.05) is 33.6 Å². The van der Waals surface area contributed by atoms with Crippen LogP contribution in [0.25, 0.3) is 0 Å². The molecule has 0 aliphatic heterocycles. The summed E-state index contributed by atoms with van der Waals surface area (Å²) in [5.41, 5.74) is -0.289. The van der Waals surface area contributed by atoms with E-state index in [0.29, 0.717) is 0 Å². The molecule has 0 radical (unpaired) electrons. The van der Waals surface area contributed by atoms with E-state index in [-0.39, 0.29) is 23.3 Å². The first-order valence-electron chi connectivity index (χ1n) is 5.49. The molecular formula is C11H21BO2. The van der Waals surface area contributed by atoms with Crippen molar-refractivity contribution in [3.63, 3.8) is 0 Å². The topological polar surface area (TPSA) is 34.1 Å². The van der Waals surface area contributed by atoms with Crippen molar-refractivity contribution in [3.05, 3.63) is 0 Å². The highest BCUT2D eigenvalue weighted by atomic mass is 16.1. The third-order valence-electron chi connectivity index (χ3n) is 2.69. The third kappa shape index (κ3) is 4.08. The Morgan fingerprint density at radius 3 is 1.86 bits per heavy atom. The van der Waals surface area contributed by atoms with Crippen LogP contribution in [0.5, 0.6) is 0 Å². The third-order valence-corrected chi connectivity index (χ3v) is 2.69. The standard InChI is InChI=1S/C11H21BO2/c1-4-6-11(3,7-5-2)9(13)8-10(12)14/h4-8,12H2,1-3H3. The van der Waals surface area contributed by atoms with Crippen LogP contribution in [0.1, 0.15) is 52.9 Å². The minimum Gasteiger partial charge on any atom is -0.312 e. The van der Waals surface area contributed by atoms with E-state index in [4.69, 9.17) is 0 Å². The summed E-state index contributed by atoms with van der Waals surface area (Å²) in [6.07, 6.45) is 3.90. The maximum Gasteiger partial charge on any atom is 0.187 e. The Morgan fingerprint density at radius 2 is 1.57 bits per heavy atom. The van der Waals surface area contributed by atoms with E-state index < -0.39 is 0 Å². The summed E-state index contributed by atoms with van der Waals surface area (Å²) in [7, 11) is 1.48. The van der Waals surface area contributed by atoms with Crippen molar-refractivity contribution in [1.82, 2.24) is 0 Å². The van der Waals surface area contributed by atoms with Crippen LogP contribution < -0.4 is 0 Å². The minimum atomic E-state index is -0.269. The molecule has 0 aromatic carbocycles. The highest BCUT2D eigenvalue weighted by Gasteiger charge is 2.31. The Morgan fingerprint density at radius 1 is 1.14 bits per heavy atom. The van der Waals surface area contributed by atoms with Crippen LogP contribution in [0.2, 0.25) is 0 Å². The first kappa shape index (κ1) is 13.4. The Bertz CT molecular complexity index is 205. The lowest BCUT2D eigenvalue weighted by atomic mass is 9.74. The van der Waals surface area contributed by atoms with Gasteiger partial charge in [-0.05, 0) is 12.8 Å². The van der Waals surface area contributed by atoms with Crippen molar-refractivity contribution in [2.24, 2.45) is 5.41 Å². The van der Waals surface area contributed by atoms with E-state index in [1.165, 1.54) is 7.85 Å². The predicted octanol–water partition coefficient (Wildman–Crippen LogP) is 1.71. The van der Waals surface area contributed by atoms with Gasteiger partial charge in [-0.15, -0.1) is 0 Å². The van der Waals surface area contributed by atoms with Gasteiger partial charge in [0, 0.05) is 5.41 Å². The highest BCUT2D eigenvalue weighted by molar-refractivity contribution is 6.59. The number of hydrogen-bond donors (Lipinski definition) is 0. The normalized spacial score (nSPS) is 11.4. The molecule has 0 spiro atoms. The molecule has 0 unspecified atom stereocenters. The fourth-order valence-corrected chi connectivity index (χ4v) is 1.95. The molecule has 0 aliphatic rings. The molecule has 0 N–H and O–H groups in total. The van der Waals surface area contributed by atoms with E-state index in [0.717, 1.165) is 25.7 Å². The van der Waals surface area contributed by atoms with Gasteiger partial charge in [-0.3, -0.25) is 4.79 Å². The second kappa shape index (κ2) is 6.00. The summed E-state index contributed by atoms with van der Waals surface area (Å²) in [6, 6.07) is 0. The number of rotatable bonds is 7. The van der Waals surface area contributed by atoms with Gasteiger partial charge in [0.05, 0.1) is 12.1 Å². The predicted molar refractivity (Wildman–Crippen MR) is 61.1 cm³/mol. The first-order chi connectivity index (χ1) is 6.46. The largest absolute Gasteiger partial charge is 0.312 e. The number of hydrogen-bond acceptors (Lipinski definition) is 2. The van der Waals surface area contributed by atoms with Crippen molar-refractivity contribution < 1.29 is 9.59 Å². The van der Waals surface area contributed by atoms with Gasteiger partial charge in [0.2, 0.25) is 0 Å². The smallest absolute Gasteiger partial charge is 0.187 e. The second-order valence-corrected chi connectivity index (χ2v) is 4.36. The lowest BCUT2D eigenvalue weighted by Crippen LogP contribution is -2.29. The van der Waals surface area contributed by atoms with Crippen LogP contribution in [0.3, 0.4) is 0 Å². The molecule has 0 amide bonds. The molecule has 3 heteroatoms. The number of carbonyl (C=O) groups excluding carboxylic acids is 2. The fraction of sp³-hybridized carbons (Fsp3) is 0.818. The highest BCUT2D eigenvalue weighted by Crippen LogP contribution is 2.31. The van der Waals surface area contributed by atoms with Crippen molar-refractivity contribution in [3.8, 4) is 0 Å². The van der Waals surface area contributed by atoms with Crippen molar-refractivity contribution in [2.45, 2.75) is 52.9 Å². The molecule has 0 aromatic rings. The summed E-state index contributed by atoms with van der Waals surface area (Å²) >= 11 is 0. The maximum absolute atomic E-state index is 11.8. The number of ketones is 1. The van der Waals surface area contributed by atoms with Crippen LogP contribution in [0.4, 0.5) is 0 Å². The first-order valence-corrected chi connectivity index (χ1v) is 5.49. The average Bonchev–Trinajstić information content (AvgIpc) is 2.03.